The SMILES string of the molecule is CCCCCCCCC(=O)N1CCN(C(=O)CCN2CCc3sccc3[C@@H]2c2ccccc2)C[C@H]1C. The summed E-state index contributed by atoms with van der Waals surface area (Å²) in [5.74, 6) is 0.475. The molecule has 3 heterocycles. The van der Waals surface area contributed by atoms with Crippen LogP contribution < -0.4 is 0 Å². The molecule has 196 valence electrons. The molecule has 0 N–H and O–H groups in total. The maximum Gasteiger partial charge on any atom is 0.223 e. The van der Waals surface area contributed by atoms with E-state index in [0.717, 1.165) is 32.4 Å². The van der Waals surface area contributed by atoms with Gasteiger partial charge in [0.2, 0.25) is 11.8 Å². The molecule has 1 saturated heterocycles. The predicted octanol–water partition coefficient (Wildman–Crippen LogP) is 5.90. The summed E-state index contributed by atoms with van der Waals surface area (Å²) in [6, 6.07) is 13.3. The van der Waals surface area contributed by atoms with E-state index in [1.54, 1.807) is 0 Å². The van der Waals surface area contributed by atoms with Gasteiger partial charge in [-0.25, -0.2) is 0 Å². The van der Waals surface area contributed by atoms with Crippen molar-refractivity contribution in [2.45, 2.75) is 83.7 Å². The molecule has 2 aromatic rings. The van der Waals surface area contributed by atoms with Crippen molar-refractivity contribution >= 4 is 23.2 Å². The Labute approximate surface area is 221 Å². The Bertz CT molecular complexity index is 976. The van der Waals surface area contributed by atoms with Gasteiger partial charge in [0.15, 0.2) is 0 Å². The van der Waals surface area contributed by atoms with E-state index in [9.17, 15) is 9.59 Å². The van der Waals surface area contributed by atoms with Gasteiger partial charge < -0.3 is 9.80 Å². The molecule has 2 atom stereocenters. The van der Waals surface area contributed by atoms with Crippen molar-refractivity contribution in [3.63, 3.8) is 0 Å². The average Bonchev–Trinajstić information content (AvgIpc) is 3.38. The number of benzene rings is 1. The Morgan fingerprint density at radius 1 is 0.917 bits per heavy atom. The summed E-state index contributed by atoms with van der Waals surface area (Å²) in [7, 11) is 0. The normalized spacial score (nSPS) is 20.4. The van der Waals surface area contributed by atoms with Crippen molar-refractivity contribution in [2.75, 3.05) is 32.7 Å². The number of amides is 2. The highest BCUT2D eigenvalue weighted by atomic mass is 32.1. The lowest BCUT2D eigenvalue weighted by Crippen LogP contribution is -2.55. The summed E-state index contributed by atoms with van der Waals surface area (Å²) in [5.41, 5.74) is 2.70. The highest BCUT2D eigenvalue weighted by molar-refractivity contribution is 7.10. The Hall–Kier alpha value is -2.18. The van der Waals surface area contributed by atoms with E-state index in [1.165, 1.54) is 41.7 Å². The van der Waals surface area contributed by atoms with Crippen molar-refractivity contribution in [1.29, 1.82) is 0 Å². The lowest BCUT2D eigenvalue weighted by atomic mass is 9.93. The van der Waals surface area contributed by atoms with Crippen LogP contribution in [0.2, 0.25) is 0 Å². The van der Waals surface area contributed by atoms with E-state index in [2.05, 4.69) is 60.5 Å². The minimum Gasteiger partial charge on any atom is -0.339 e. The van der Waals surface area contributed by atoms with Crippen LogP contribution in [-0.4, -0.2) is 65.3 Å². The van der Waals surface area contributed by atoms with Gasteiger partial charge in [0.25, 0.3) is 0 Å². The van der Waals surface area contributed by atoms with E-state index in [4.69, 9.17) is 0 Å². The second-order valence-corrected chi connectivity index (χ2v) is 11.4. The third-order valence-corrected chi connectivity index (χ3v) is 8.84. The summed E-state index contributed by atoms with van der Waals surface area (Å²) in [4.78, 5) is 33.9. The maximum absolute atomic E-state index is 13.2. The van der Waals surface area contributed by atoms with Gasteiger partial charge in [-0.1, -0.05) is 69.4 Å². The van der Waals surface area contributed by atoms with Crippen LogP contribution in [0.4, 0.5) is 0 Å². The molecule has 0 spiro atoms. The molecular formula is C30H43N3O2S. The van der Waals surface area contributed by atoms with E-state index < -0.39 is 0 Å². The Morgan fingerprint density at radius 3 is 2.47 bits per heavy atom. The monoisotopic (exact) mass is 509 g/mol. The highest BCUT2D eigenvalue weighted by Gasteiger charge is 2.32. The van der Waals surface area contributed by atoms with Gasteiger partial charge in [-0.15, -0.1) is 11.3 Å². The molecule has 1 aromatic heterocycles. The first kappa shape index (κ1) is 26.9. The van der Waals surface area contributed by atoms with Gasteiger partial charge in [-0.05, 0) is 42.3 Å². The van der Waals surface area contributed by atoms with Gasteiger partial charge in [0.05, 0.1) is 6.04 Å². The van der Waals surface area contributed by atoms with Gasteiger partial charge in [0.1, 0.15) is 0 Å². The molecule has 0 bridgehead atoms. The number of piperazine rings is 1. The first-order chi connectivity index (χ1) is 17.6. The van der Waals surface area contributed by atoms with Crippen molar-refractivity contribution in [2.24, 2.45) is 0 Å². The minimum atomic E-state index is 0.0932. The third-order valence-electron chi connectivity index (χ3n) is 7.84. The molecule has 2 aliphatic heterocycles. The van der Waals surface area contributed by atoms with Crippen LogP contribution in [-0.2, 0) is 16.0 Å². The van der Waals surface area contributed by atoms with Crippen molar-refractivity contribution < 1.29 is 9.59 Å². The van der Waals surface area contributed by atoms with E-state index >= 15 is 0 Å². The highest BCUT2D eigenvalue weighted by Crippen LogP contribution is 2.37. The van der Waals surface area contributed by atoms with Crippen molar-refractivity contribution in [3.05, 3.63) is 57.8 Å². The van der Waals surface area contributed by atoms with Crippen LogP contribution in [0.25, 0.3) is 0 Å². The molecule has 36 heavy (non-hydrogen) atoms. The predicted molar refractivity (Wildman–Crippen MR) is 148 cm³/mol. The Balaban J connectivity index is 1.26. The third kappa shape index (κ3) is 6.77. The lowest BCUT2D eigenvalue weighted by molar-refractivity contribution is -0.142. The molecule has 2 amide bonds. The molecule has 0 unspecified atom stereocenters. The molecule has 4 rings (SSSR count). The number of rotatable bonds is 11. The average molecular weight is 510 g/mol. The van der Waals surface area contributed by atoms with Crippen LogP contribution in [0.5, 0.6) is 0 Å². The first-order valence-electron chi connectivity index (χ1n) is 14.0. The second kappa shape index (κ2) is 13.4. The second-order valence-electron chi connectivity index (χ2n) is 10.4. The standard InChI is InChI=1S/C30H43N3O2S/c1-3-4-5-6-7-11-14-29(35)33-21-20-32(23-24(33)2)28(34)16-19-31-18-15-27-26(17-22-36-27)30(31)25-12-9-8-10-13-25/h8-10,12-13,17,22,24,30H,3-7,11,14-16,18-21,23H2,1-2H3/t24-,30+/m1/s1. The molecular weight excluding hydrogens is 466 g/mol. The molecule has 1 fully saturated rings. The number of thiophene rings is 1. The maximum atomic E-state index is 13.2. The Morgan fingerprint density at radius 2 is 1.69 bits per heavy atom. The van der Waals surface area contributed by atoms with Gasteiger partial charge >= 0.3 is 0 Å². The summed E-state index contributed by atoms with van der Waals surface area (Å²) in [5, 5.41) is 2.20. The quantitative estimate of drug-likeness (QED) is 0.355. The zero-order valence-electron chi connectivity index (χ0n) is 22.2. The number of nitrogens with zero attached hydrogens (tertiary/aromatic N) is 3. The molecule has 0 radical (unpaired) electrons. The first-order valence-corrected chi connectivity index (χ1v) is 14.9. The number of carbonyl (C=O) groups excluding carboxylic acids is 2. The molecule has 2 aliphatic rings. The van der Waals surface area contributed by atoms with Crippen LogP contribution in [0.1, 0.15) is 87.3 Å². The number of unbranched alkanes of at least 4 members (excludes halogenated alkanes) is 5. The van der Waals surface area contributed by atoms with E-state index in [1.807, 2.05) is 21.1 Å². The van der Waals surface area contributed by atoms with Gasteiger partial charge in [-0.3, -0.25) is 14.5 Å². The fourth-order valence-corrected chi connectivity index (χ4v) is 6.69. The summed E-state index contributed by atoms with van der Waals surface area (Å²) in [6.45, 7) is 8.03. The van der Waals surface area contributed by atoms with E-state index in [0.29, 0.717) is 32.5 Å². The lowest BCUT2D eigenvalue weighted by Gasteiger charge is -2.41. The summed E-state index contributed by atoms with van der Waals surface area (Å²) < 4.78 is 0. The van der Waals surface area contributed by atoms with Crippen molar-refractivity contribution in [3.8, 4) is 0 Å². The largest absolute Gasteiger partial charge is 0.339 e. The fourth-order valence-electron chi connectivity index (χ4n) is 5.79. The molecule has 1 aromatic carbocycles. The van der Waals surface area contributed by atoms with Crippen LogP contribution in [0, 0.1) is 0 Å². The smallest absolute Gasteiger partial charge is 0.223 e. The van der Waals surface area contributed by atoms with Crippen LogP contribution in [0.3, 0.4) is 0 Å². The molecule has 6 heteroatoms. The zero-order chi connectivity index (χ0) is 25.3. The number of fused-ring (bicyclic) bond motifs is 1. The van der Waals surface area contributed by atoms with E-state index in [-0.39, 0.29) is 23.9 Å². The number of hydrogen-bond acceptors (Lipinski definition) is 4. The van der Waals surface area contributed by atoms with Crippen LogP contribution >= 0.6 is 11.3 Å². The fraction of sp³-hybridized carbons (Fsp3) is 0.600. The Kier molecular flexibility index (Phi) is 9.99. The van der Waals surface area contributed by atoms with Gasteiger partial charge in [-0.2, -0.15) is 0 Å². The molecule has 0 saturated carbocycles. The topological polar surface area (TPSA) is 43.9 Å². The van der Waals surface area contributed by atoms with Crippen LogP contribution in [0.15, 0.2) is 41.8 Å². The summed E-state index contributed by atoms with van der Waals surface area (Å²) >= 11 is 1.85. The van der Waals surface area contributed by atoms with Crippen molar-refractivity contribution in [1.82, 2.24) is 14.7 Å². The molecule has 5 nitrogen and oxygen atoms in total. The minimum absolute atomic E-state index is 0.0932. The van der Waals surface area contributed by atoms with Gasteiger partial charge in [0, 0.05) is 56.5 Å². The zero-order valence-corrected chi connectivity index (χ0v) is 23.0. The summed E-state index contributed by atoms with van der Waals surface area (Å²) in [6.07, 6.45) is 9.41. The molecule has 0 aliphatic carbocycles. The number of carbonyl (C=O) groups is 2. The number of hydrogen-bond donors (Lipinski definition) is 0.